The summed E-state index contributed by atoms with van der Waals surface area (Å²) in [7, 11) is 0. The molecular weight excluding hydrogens is 426 g/mol. The van der Waals surface area contributed by atoms with E-state index < -0.39 is 0 Å². The number of fused-ring (bicyclic) bond motifs is 4. The Morgan fingerprint density at radius 2 is 1.91 bits per heavy atom. The Bertz CT molecular complexity index is 1130. The maximum atomic E-state index is 13.2. The van der Waals surface area contributed by atoms with Crippen LogP contribution in [0.3, 0.4) is 0 Å². The number of aromatic nitrogens is 3. The van der Waals surface area contributed by atoms with E-state index in [0.717, 1.165) is 43.6 Å². The SMILES string of the molecule is CC(=O)N1C[C@@H]2C3C[C@H](C(=O)Nc4cc(-c5cnn6c5CC(C)(C)C6)c(Cl)cn4)C2[C@H]3C1. The summed E-state index contributed by atoms with van der Waals surface area (Å²) in [5.74, 6) is 2.65. The minimum atomic E-state index is 0.00577. The van der Waals surface area contributed by atoms with Crippen molar-refractivity contribution in [1.29, 1.82) is 0 Å². The normalized spacial score (nSPS) is 31.2. The van der Waals surface area contributed by atoms with E-state index >= 15 is 0 Å². The minimum Gasteiger partial charge on any atom is -0.342 e. The van der Waals surface area contributed by atoms with Crippen molar-refractivity contribution >= 4 is 29.2 Å². The lowest BCUT2D eigenvalue weighted by atomic mass is 9.59. The molecule has 0 radical (unpaired) electrons. The van der Waals surface area contributed by atoms with Crippen LogP contribution in [0.15, 0.2) is 18.5 Å². The Morgan fingerprint density at radius 1 is 1.16 bits per heavy atom. The topological polar surface area (TPSA) is 80.1 Å². The highest BCUT2D eigenvalue weighted by Crippen LogP contribution is 2.63. The second kappa shape index (κ2) is 6.80. The average molecular weight is 454 g/mol. The molecule has 1 N–H and O–H groups in total. The minimum absolute atomic E-state index is 0.00577. The number of nitrogens with zero attached hydrogens (tertiary/aromatic N) is 4. The molecule has 0 aromatic carbocycles. The van der Waals surface area contributed by atoms with E-state index in [4.69, 9.17) is 11.6 Å². The number of hydrogen-bond acceptors (Lipinski definition) is 4. The molecule has 2 unspecified atom stereocenters. The van der Waals surface area contributed by atoms with Crippen LogP contribution in [0.2, 0.25) is 5.02 Å². The van der Waals surface area contributed by atoms with Crippen molar-refractivity contribution in [3.05, 3.63) is 29.2 Å². The molecule has 168 valence electrons. The van der Waals surface area contributed by atoms with Gasteiger partial charge in [0.1, 0.15) is 5.82 Å². The number of amides is 2. The zero-order valence-electron chi connectivity index (χ0n) is 18.6. The van der Waals surface area contributed by atoms with Crippen LogP contribution in [-0.4, -0.2) is 44.6 Å². The van der Waals surface area contributed by atoms with E-state index in [0.29, 0.717) is 34.5 Å². The molecule has 5 fully saturated rings. The highest BCUT2D eigenvalue weighted by atomic mass is 35.5. The largest absolute Gasteiger partial charge is 0.342 e. The van der Waals surface area contributed by atoms with E-state index in [1.165, 1.54) is 5.69 Å². The molecule has 6 aliphatic rings. The summed E-state index contributed by atoms with van der Waals surface area (Å²) in [6.07, 6.45) is 5.34. The van der Waals surface area contributed by atoms with Crippen molar-refractivity contribution in [2.75, 3.05) is 18.4 Å². The molecule has 2 amide bonds. The summed E-state index contributed by atoms with van der Waals surface area (Å²) in [6, 6.07) is 1.88. The molecule has 3 saturated carbocycles. The molecule has 4 bridgehead atoms. The van der Waals surface area contributed by atoms with Gasteiger partial charge in [-0.2, -0.15) is 5.10 Å². The number of rotatable bonds is 3. The number of carbonyl (C=O) groups is 2. The van der Waals surface area contributed by atoms with Crippen molar-refractivity contribution in [3.8, 4) is 11.1 Å². The van der Waals surface area contributed by atoms with Crippen LogP contribution in [0.5, 0.6) is 0 Å². The van der Waals surface area contributed by atoms with Crippen molar-refractivity contribution in [2.45, 2.75) is 40.2 Å². The third-order valence-corrected chi connectivity index (χ3v) is 8.59. The Kier molecular flexibility index (Phi) is 4.29. The maximum absolute atomic E-state index is 13.2. The summed E-state index contributed by atoms with van der Waals surface area (Å²) in [5, 5.41) is 8.17. The van der Waals surface area contributed by atoms with Crippen LogP contribution in [0, 0.1) is 35.0 Å². The van der Waals surface area contributed by atoms with E-state index in [-0.39, 0.29) is 23.1 Å². The highest BCUT2D eigenvalue weighted by Gasteiger charge is 2.64. The fourth-order valence-electron chi connectivity index (χ4n) is 6.90. The Hall–Kier alpha value is -2.41. The molecule has 8 heteroatoms. The van der Waals surface area contributed by atoms with Crippen LogP contribution in [0.25, 0.3) is 11.1 Å². The Balaban J connectivity index is 1.20. The fraction of sp³-hybridized carbons (Fsp3) is 0.583. The Morgan fingerprint density at radius 3 is 2.62 bits per heavy atom. The number of halogens is 1. The van der Waals surface area contributed by atoms with E-state index in [2.05, 4.69) is 33.9 Å². The monoisotopic (exact) mass is 453 g/mol. The third kappa shape index (κ3) is 2.93. The lowest BCUT2D eigenvalue weighted by Crippen LogP contribution is -2.59. The van der Waals surface area contributed by atoms with Gasteiger partial charge in [-0.05, 0) is 48.0 Å². The molecular formula is C24H28ClN5O2. The van der Waals surface area contributed by atoms with Crippen molar-refractivity contribution < 1.29 is 9.59 Å². The second-order valence-electron chi connectivity index (χ2n) is 10.9. The molecule has 32 heavy (non-hydrogen) atoms. The molecule has 2 aromatic heterocycles. The van der Waals surface area contributed by atoms with Gasteiger partial charge in [-0.1, -0.05) is 25.4 Å². The first kappa shape index (κ1) is 20.2. The molecule has 0 spiro atoms. The molecule has 2 aromatic rings. The number of piperidine rings is 2. The second-order valence-corrected chi connectivity index (χ2v) is 11.3. The maximum Gasteiger partial charge on any atom is 0.228 e. The Labute approximate surface area is 192 Å². The molecule has 2 saturated heterocycles. The number of anilines is 1. The van der Waals surface area contributed by atoms with Gasteiger partial charge < -0.3 is 10.2 Å². The lowest BCUT2D eigenvalue weighted by Gasteiger charge is -2.54. The van der Waals surface area contributed by atoms with Gasteiger partial charge in [0.25, 0.3) is 0 Å². The van der Waals surface area contributed by atoms with E-state index in [1.54, 1.807) is 13.1 Å². The molecule has 5 atom stereocenters. The molecule has 3 aliphatic carbocycles. The third-order valence-electron chi connectivity index (χ3n) is 8.29. The van der Waals surface area contributed by atoms with Gasteiger partial charge in [0.2, 0.25) is 11.8 Å². The quantitative estimate of drug-likeness (QED) is 0.771. The van der Waals surface area contributed by atoms with E-state index in [9.17, 15) is 9.59 Å². The van der Waals surface area contributed by atoms with Gasteiger partial charge in [-0.3, -0.25) is 14.3 Å². The zero-order valence-corrected chi connectivity index (χ0v) is 19.4. The summed E-state index contributed by atoms with van der Waals surface area (Å²) >= 11 is 6.51. The molecule has 5 heterocycles. The number of hydrogen-bond donors (Lipinski definition) is 1. The van der Waals surface area contributed by atoms with Gasteiger partial charge in [-0.25, -0.2) is 4.98 Å². The van der Waals surface area contributed by atoms with Crippen LogP contribution in [-0.2, 0) is 22.6 Å². The van der Waals surface area contributed by atoms with Crippen molar-refractivity contribution in [3.63, 3.8) is 0 Å². The van der Waals surface area contributed by atoms with Gasteiger partial charge >= 0.3 is 0 Å². The van der Waals surface area contributed by atoms with Gasteiger partial charge in [0, 0.05) is 55.5 Å². The van der Waals surface area contributed by atoms with Gasteiger partial charge in [0.05, 0.1) is 11.2 Å². The number of carbonyl (C=O) groups excluding carboxylic acids is 2. The van der Waals surface area contributed by atoms with Crippen LogP contribution in [0.1, 0.15) is 32.9 Å². The smallest absolute Gasteiger partial charge is 0.228 e. The molecule has 7 nitrogen and oxygen atoms in total. The summed E-state index contributed by atoms with van der Waals surface area (Å²) in [6.45, 7) is 8.61. The first-order chi connectivity index (χ1) is 15.2. The lowest BCUT2D eigenvalue weighted by molar-refractivity contribution is -0.143. The standard InChI is InChI=1S/C24H28ClN5O2/c1-12(31)29-9-17-13-4-15(22(17)18(13)10-29)23(32)28-21-5-14(19(25)8-26-21)16-7-27-30-11-24(2,3)6-20(16)30/h5,7-8,13,15,17-18,22H,4,6,9-11H2,1-3H3,(H,26,28,32)/t13?,15-,17-,18+,22?/m0/s1. The van der Waals surface area contributed by atoms with E-state index in [1.807, 2.05) is 17.2 Å². The van der Waals surface area contributed by atoms with Crippen LogP contribution >= 0.6 is 11.6 Å². The van der Waals surface area contributed by atoms with Crippen molar-refractivity contribution in [2.24, 2.45) is 35.0 Å². The molecule has 3 aliphatic heterocycles. The molecule has 8 rings (SSSR count). The zero-order chi connectivity index (χ0) is 22.4. The summed E-state index contributed by atoms with van der Waals surface area (Å²) < 4.78 is 2.05. The van der Waals surface area contributed by atoms with Crippen LogP contribution < -0.4 is 5.32 Å². The highest BCUT2D eigenvalue weighted by molar-refractivity contribution is 6.33. The van der Waals surface area contributed by atoms with Crippen molar-refractivity contribution in [1.82, 2.24) is 19.7 Å². The van der Waals surface area contributed by atoms with Gasteiger partial charge in [0.15, 0.2) is 0 Å². The van der Waals surface area contributed by atoms with Gasteiger partial charge in [-0.15, -0.1) is 0 Å². The first-order valence-corrected chi connectivity index (χ1v) is 11.9. The fourth-order valence-corrected chi connectivity index (χ4v) is 7.10. The summed E-state index contributed by atoms with van der Waals surface area (Å²) in [4.78, 5) is 31.2. The average Bonchev–Trinajstić information content (AvgIpc) is 3.48. The number of nitrogens with one attached hydrogen (secondary N) is 1. The predicted octanol–water partition coefficient (Wildman–Crippen LogP) is 3.48. The summed E-state index contributed by atoms with van der Waals surface area (Å²) in [5.41, 5.74) is 3.23. The number of pyridine rings is 1. The van der Waals surface area contributed by atoms with Crippen LogP contribution in [0.4, 0.5) is 5.82 Å². The first-order valence-electron chi connectivity index (χ1n) is 11.5. The predicted molar refractivity (Wildman–Crippen MR) is 121 cm³/mol.